The van der Waals surface area contributed by atoms with Crippen LogP contribution in [0.5, 0.6) is 0 Å². The third-order valence-electron chi connectivity index (χ3n) is 6.15. The fraction of sp³-hybridized carbons (Fsp3) is 0.440. The van der Waals surface area contributed by atoms with E-state index in [9.17, 15) is 9.59 Å². The van der Waals surface area contributed by atoms with Crippen LogP contribution >= 0.6 is 11.6 Å². The minimum atomic E-state index is -0.0533. The zero-order valence-corrected chi connectivity index (χ0v) is 19.1. The first kappa shape index (κ1) is 23.3. The van der Waals surface area contributed by atoms with Crippen molar-refractivity contribution in [3.8, 4) is 0 Å². The summed E-state index contributed by atoms with van der Waals surface area (Å²) in [5, 5.41) is 3.80. The summed E-state index contributed by atoms with van der Waals surface area (Å²) in [6.45, 7) is 7.93. The molecule has 3 rings (SSSR count). The number of likely N-dealkylation sites (N-methyl/N-ethyl adjacent to an activating group) is 1. The molecule has 1 atom stereocenters. The number of hydrogen-bond acceptors (Lipinski definition) is 3. The van der Waals surface area contributed by atoms with Crippen LogP contribution in [0.25, 0.3) is 0 Å². The minimum absolute atomic E-state index is 0.00111. The second kappa shape index (κ2) is 11.3. The Balaban J connectivity index is 1.54. The summed E-state index contributed by atoms with van der Waals surface area (Å²) in [6.07, 6.45) is 1.37. The largest absolute Gasteiger partial charge is 0.354 e. The Bertz CT molecular complexity index is 845. The molecule has 0 aliphatic carbocycles. The van der Waals surface area contributed by atoms with Crippen molar-refractivity contribution in [2.75, 3.05) is 32.7 Å². The molecule has 5 nitrogen and oxygen atoms in total. The third kappa shape index (κ3) is 6.08. The van der Waals surface area contributed by atoms with Crippen LogP contribution in [0.1, 0.15) is 48.7 Å². The average molecular weight is 442 g/mol. The second-order valence-electron chi connectivity index (χ2n) is 7.97. The zero-order chi connectivity index (χ0) is 22.2. The fourth-order valence-electron chi connectivity index (χ4n) is 4.26. The molecular formula is C25H32ClN3O2. The van der Waals surface area contributed by atoms with Crippen molar-refractivity contribution in [1.29, 1.82) is 0 Å². The standard InChI is InChI=1S/C25H32ClN3O2/c1-3-28(4-2)23(19-8-6-5-7-9-19)18-27-24(30)20-14-16-29(17-15-20)25(31)21-10-12-22(26)13-11-21/h5-13,20,23H,3-4,14-18H2,1-2H3,(H,27,30). The Kier molecular flexibility index (Phi) is 8.50. The molecule has 0 saturated carbocycles. The summed E-state index contributed by atoms with van der Waals surface area (Å²) in [4.78, 5) is 29.7. The van der Waals surface area contributed by atoms with Crippen LogP contribution in [0.4, 0.5) is 0 Å². The molecular weight excluding hydrogens is 410 g/mol. The number of carbonyl (C=O) groups is 2. The van der Waals surface area contributed by atoms with Gasteiger partial charge in [0.2, 0.25) is 5.91 Å². The van der Waals surface area contributed by atoms with Gasteiger partial charge in [-0.2, -0.15) is 0 Å². The van der Waals surface area contributed by atoms with Gasteiger partial charge in [-0.25, -0.2) is 0 Å². The maximum absolute atomic E-state index is 12.9. The highest BCUT2D eigenvalue weighted by atomic mass is 35.5. The van der Waals surface area contributed by atoms with E-state index in [0.29, 0.717) is 43.1 Å². The summed E-state index contributed by atoms with van der Waals surface area (Å²) in [5.41, 5.74) is 1.85. The van der Waals surface area contributed by atoms with E-state index < -0.39 is 0 Å². The van der Waals surface area contributed by atoms with Crippen LogP contribution in [-0.2, 0) is 4.79 Å². The van der Waals surface area contributed by atoms with Gasteiger partial charge in [0.25, 0.3) is 5.91 Å². The van der Waals surface area contributed by atoms with E-state index in [-0.39, 0.29) is 23.8 Å². The lowest BCUT2D eigenvalue weighted by molar-refractivity contribution is -0.126. The number of carbonyl (C=O) groups excluding carboxylic acids is 2. The van der Waals surface area contributed by atoms with Gasteiger partial charge < -0.3 is 10.2 Å². The first-order chi connectivity index (χ1) is 15.0. The van der Waals surface area contributed by atoms with Crippen LogP contribution in [0.3, 0.4) is 0 Å². The van der Waals surface area contributed by atoms with Crippen molar-refractivity contribution < 1.29 is 9.59 Å². The Morgan fingerprint density at radius 2 is 1.65 bits per heavy atom. The van der Waals surface area contributed by atoms with Gasteiger partial charge in [0.15, 0.2) is 0 Å². The summed E-state index contributed by atoms with van der Waals surface area (Å²) in [6, 6.07) is 17.5. The van der Waals surface area contributed by atoms with E-state index in [0.717, 1.165) is 13.1 Å². The maximum atomic E-state index is 12.9. The molecule has 1 aliphatic rings. The number of amides is 2. The smallest absolute Gasteiger partial charge is 0.253 e. The Morgan fingerprint density at radius 3 is 2.23 bits per heavy atom. The highest BCUT2D eigenvalue weighted by molar-refractivity contribution is 6.30. The lowest BCUT2D eigenvalue weighted by atomic mass is 9.95. The molecule has 0 radical (unpaired) electrons. The molecule has 1 fully saturated rings. The van der Waals surface area contributed by atoms with E-state index in [1.54, 1.807) is 24.3 Å². The minimum Gasteiger partial charge on any atom is -0.354 e. The molecule has 6 heteroatoms. The van der Waals surface area contributed by atoms with E-state index in [1.807, 2.05) is 23.1 Å². The summed E-state index contributed by atoms with van der Waals surface area (Å²) in [7, 11) is 0. The quantitative estimate of drug-likeness (QED) is 0.660. The normalized spacial score (nSPS) is 15.7. The fourth-order valence-corrected chi connectivity index (χ4v) is 4.38. The molecule has 1 saturated heterocycles. The van der Waals surface area contributed by atoms with Crippen molar-refractivity contribution in [3.05, 3.63) is 70.7 Å². The zero-order valence-electron chi connectivity index (χ0n) is 18.4. The highest BCUT2D eigenvalue weighted by Gasteiger charge is 2.28. The SMILES string of the molecule is CCN(CC)C(CNC(=O)C1CCN(C(=O)c2ccc(Cl)cc2)CC1)c1ccccc1. The van der Waals surface area contributed by atoms with Crippen molar-refractivity contribution in [2.45, 2.75) is 32.7 Å². The summed E-state index contributed by atoms with van der Waals surface area (Å²) >= 11 is 5.91. The first-order valence-corrected chi connectivity index (χ1v) is 11.5. The first-order valence-electron chi connectivity index (χ1n) is 11.1. The van der Waals surface area contributed by atoms with Gasteiger partial charge in [-0.1, -0.05) is 55.8 Å². The average Bonchev–Trinajstić information content (AvgIpc) is 2.82. The molecule has 2 amide bonds. The topological polar surface area (TPSA) is 52.7 Å². The van der Waals surface area contributed by atoms with Gasteiger partial charge in [0.1, 0.15) is 0 Å². The number of rotatable bonds is 8. The third-order valence-corrected chi connectivity index (χ3v) is 6.40. The molecule has 2 aromatic rings. The van der Waals surface area contributed by atoms with Gasteiger partial charge in [-0.05, 0) is 55.8 Å². The molecule has 166 valence electrons. The number of halogens is 1. The molecule has 1 unspecified atom stereocenters. The lowest BCUT2D eigenvalue weighted by Crippen LogP contribution is -2.45. The molecule has 1 aliphatic heterocycles. The van der Waals surface area contributed by atoms with Gasteiger partial charge in [0, 0.05) is 36.1 Å². The number of nitrogens with zero attached hydrogens (tertiary/aromatic N) is 2. The van der Waals surface area contributed by atoms with Gasteiger partial charge in [-0.3, -0.25) is 14.5 Å². The highest BCUT2D eigenvalue weighted by Crippen LogP contribution is 2.22. The predicted molar refractivity (Wildman–Crippen MR) is 125 cm³/mol. The maximum Gasteiger partial charge on any atom is 0.253 e. The second-order valence-corrected chi connectivity index (χ2v) is 8.40. The van der Waals surface area contributed by atoms with Gasteiger partial charge in [-0.15, -0.1) is 0 Å². The van der Waals surface area contributed by atoms with Crippen LogP contribution in [-0.4, -0.2) is 54.3 Å². The Labute approximate surface area is 190 Å². The summed E-state index contributed by atoms with van der Waals surface area (Å²) in [5.74, 6) is 0.0373. The lowest BCUT2D eigenvalue weighted by Gasteiger charge is -2.33. The van der Waals surface area contributed by atoms with Crippen LogP contribution in [0, 0.1) is 5.92 Å². The van der Waals surface area contributed by atoms with E-state index >= 15 is 0 Å². The number of benzene rings is 2. The monoisotopic (exact) mass is 441 g/mol. The molecule has 0 spiro atoms. The van der Waals surface area contributed by atoms with Crippen LogP contribution in [0.15, 0.2) is 54.6 Å². The molecule has 0 aromatic heterocycles. The number of nitrogens with one attached hydrogen (secondary N) is 1. The van der Waals surface area contributed by atoms with Crippen LogP contribution < -0.4 is 5.32 Å². The molecule has 31 heavy (non-hydrogen) atoms. The van der Waals surface area contributed by atoms with E-state index in [4.69, 9.17) is 11.6 Å². The molecule has 1 N–H and O–H groups in total. The van der Waals surface area contributed by atoms with Crippen molar-refractivity contribution >= 4 is 23.4 Å². The van der Waals surface area contributed by atoms with Crippen molar-refractivity contribution in [2.24, 2.45) is 5.92 Å². The number of piperidine rings is 1. The molecule has 1 heterocycles. The summed E-state index contributed by atoms with van der Waals surface area (Å²) < 4.78 is 0. The Hall–Kier alpha value is -2.37. The predicted octanol–water partition coefficient (Wildman–Crippen LogP) is 4.39. The molecule has 0 bridgehead atoms. The number of likely N-dealkylation sites (tertiary alicyclic amines) is 1. The van der Waals surface area contributed by atoms with Crippen LogP contribution in [0.2, 0.25) is 5.02 Å². The van der Waals surface area contributed by atoms with Gasteiger partial charge in [0.05, 0.1) is 6.04 Å². The van der Waals surface area contributed by atoms with Gasteiger partial charge >= 0.3 is 0 Å². The van der Waals surface area contributed by atoms with Crippen molar-refractivity contribution in [3.63, 3.8) is 0 Å². The Morgan fingerprint density at radius 1 is 1.03 bits per heavy atom. The number of hydrogen-bond donors (Lipinski definition) is 1. The van der Waals surface area contributed by atoms with E-state index in [1.165, 1.54) is 5.56 Å². The van der Waals surface area contributed by atoms with E-state index in [2.05, 4.69) is 36.2 Å². The molecule has 2 aromatic carbocycles. The van der Waals surface area contributed by atoms with Crippen molar-refractivity contribution in [1.82, 2.24) is 15.1 Å².